The molecule has 0 aliphatic heterocycles. The van der Waals surface area contributed by atoms with Crippen LogP contribution in [0.4, 0.5) is 16.2 Å². The molecular formula is C25H25N5O2. The Labute approximate surface area is 186 Å². The van der Waals surface area contributed by atoms with Crippen LogP contribution in [0.5, 0.6) is 11.6 Å². The summed E-state index contributed by atoms with van der Waals surface area (Å²) in [4.78, 5) is 24.2. The number of imidazole rings is 1. The van der Waals surface area contributed by atoms with Crippen molar-refractivity contribution in [2.75, 3.05) is 10.6 Å². The highest BCUT2D eigenvalue weighted by atomic mass is 16.5. The zero-order chi connectivity index (χ0) is 22.6. The van der Waals surface area contributed by atoms with Crippen molar-refractivity contribution in [1.29, 1.82) is 0 Å². The van der Waals surface area contributed by atoms with Crippen LogP contribution in [0, 0.1) is 0 Å². The van der Waals surface area contributed by atoms with Gasteiger partial charge in [-0.15, -0.1) is 0 Å². The fourth-order valence-electron chi connectivity index (χ4n) is 3.27. The summed E-state index contributed by atoms with van der Waals surface area (Å²) in [6.07, 6.45) is 5.09. The number of rotatable bonds is 5. The largest absolute Gasteiger partial charge is 0.437 e. The van der Waals surface area contributed by atoms with Gasteiger partial charge in [-0.3, -0.25) is 0 Å². The van der Waals surface area contributed by atoms with Gasteiger partial charge in [0.25, 0.3) is 0 Å². The van der Waals surface area contributed by atoms with E-state index in [1.807, 2.05) is 48.5 Å². The molecule has 0 saturated heterocycles. The van der Waals surface area contributed by atoms with Crippen molar-refractivity contribution in [2.45, 2.75) is 26.2 Å². The van der Waals surface area contributed by atoms with Crippen LogP contribution >= 0.6 is 0 Å². The average molecular weight is 428 g/mol. The second kappa shape index (κ2) is 8.93. The second-order valence-electron chi connectivity index (χ2n) is 8.30. The van der Waals surface area contributed by atoms with Crippen molar-refractivity contribution in [1.82, 2.24) is 15.0 Å². The molecule has 162 valence electrons. The SMILES string of the molecule is CC(C)(C)c1ccccc1Oc1ncccc1NC(=O)Nc1ccc(-c2ncc[nH]2)cc1. The number of amides is 2. The number of aromatic nitrogens is 3. The number of pyridine rings is 1. The number of aromatic amines is 1. The Bertz CT molecular complexity index is 1200. The zero-order valence-corrected chi connectivity index (χ0v) is 18.2. The van der Waals surface area contributed by atoms with E-state index in [9.17, 15) is 4.79 Å². The summed E-state index contributed by atoms with van der Waals surface area (Å²) in [6.45, 7) is 6.37. The molecule has 7 heteroatoms. The minimum absolute atomic E-state index is 0.0991. The first-order valence-corrected chi connectivity index (χ1v) is 10.3. The first kappa shape index (κ1) is 21.1. The number of nitrogens with one attached hydrogen (secondary N) is 3. The van der Waals surface area contributed by atoms with E-state index in [2.05, 4.69) is 46.4 Å². The number of anilines is 2. The second-order valence-corrected chi connectivity index (χ2v) is 8.30. The zero-order valence-electron chi connectivity index (χ0n) is 18.2. The molecule has 0 spiro atoms. The molecule has 4 rings (SSSR count). The van der Waals surface area contributed by atoms with Crippen LogP contribution in [-0.2, 0) is 5.41 Å². The Morgan fingerprint density at radius 3 is 2.41 bits per heavy atom. The summed E-state index contributed by atoms with van der Waals surface area (Å²) < 4.78 is 6.11. The van der Waals surface area contributed by atoms with Crippen LogP contribution in [0.3, 0.4) is 0 Å². The number of hydrogen-bond donors (Lipinski definition) is 3. The predicted octanol–water partition coefficient (Wildman–Crippen LogP) is 6.21. The lowest BCUT2D eigenvalue weighted by Gasteiger charge is -2.22. The molecule has 4 aromatic rings. The molecule has 2 aromatic carbocycles. The van der Waals surface area contributed by atoms with Crippen LogP contribution in [0.2, 0.25) is 0 Å². The Kier molecular flexibility index (Phi) is 5.89. The minimum Gasteiger partial charge on any atom is -0.437 e. The molecule has 0 unspecified atom stereocenters. The minimum atomic E-state index is -0.391. The molecule has 2 amide bonds. The smallest absolute Gasteiger partial charge is 0.323 e. The summed E-state index contributed by atoms with van der Waals surface area (Å²) >= 11 is 0. The average Bonchev–Trinajstić information content (AvgIpc) is 3.30. The Balaban J connectivity index is 1.47. The maximum atomic E-state index is 12.6. The van der Waals surface area contributed by atoms with E-state index in [-0.39, 0.29) is 5.41 Å². The van der Waals surface area contributed by atoms with E-state index in [0.29, 0.717) is 23.0 Å². The molecule has 0 radical (unpaired) electrons. The molecule has 2 heterocycles. The van der Waals surface area contributed by atoms with Gasteiger partial charge in [0.1, 0.15) is 17.3 Å². The molecule has 0 fully saturated rings. The number of ether oxygens (including phenoxy) is 1. The number of urea groups is 1. The third-order valence-corrected chi connectivity index (χ3v) is 4.84. The molecule has 32 heavy (non-hydrogen) atoms. The van der Waals surface area contributed by atoms with Crippen molar-refractivity contribution in [3.05, 3.63) is 84.8 Å². The molecule has 0 bridgehead atoms. The van der Waals surface area contributed by atoms with Crippen molar-refractivity contribution in [2.24, 2.45) is 0 Å². The first-order valence-electron chi connectivity index (χ1n) is 10.3. The number of carbonyl (C=O) groups excluding carboxylic acids is 1. The monoisotopic (exact) mass is 427 g/mol. The molecule has 2 aromatic heterocycles. The normalized spacial score (nSPS) is 11.1. The van der Waals surface area contributed by atoms with E-state index >= 15 is 0 Å². The fraction of sp³-hybridized carbons (Fsp3) is 0.160. The molecular weight excluding hydrogens is 402 g/mol. The van der Waals surface area contributed by atoms with Gasteiger partial charge in [-0.05, 0) is 47.9 Å². The van der Waals surface area contributed by atoms with Crippen LogP contribution in [0.15, 0.2) is 79.3 Å². The maximum absolute atomic E-state index is 12.6. The molecule has 0 atom stereocenters. The van der Waals surface area contributed by atoms with E-state index < -0.39 is 6.03 Å². The predicted molar refractivity (Wildman–Crippen MR) is 126 cm³/mol. The Morgan fingerprint density at radius 1 is 0.906 bits per heavy atom. The number of para-hydroxylation sites is 1. The van der Waals surface area contributed by atoms with Gasteiger partial charge in [-0.1, -0.05) is 39.0 Å². The van der Waals surface area contributed by atoms with E-state index in [4.69, 9.17) is 4.74 Å². The number of carbonyl (C=O) groups is 1. The fourth-order valence-corrected chi connectivity index (χ4v) is 3.27. The maximum Gasteiger partial charge on any atom is 0.323 e. The van der Waals surface area contributed by atoms with Crippen molar-refractivity contribution in [3.63, 3.8) is 0 Å². The van der Waals surface area contributed by atoms with Gasteiger partial charge in [0, 0.05) is 35.4 Å². The third-order valence-electron chi connectivity index (χ3n) is 4.84. The van der Waals surface area contributed by atoms with Crippen LogP contribution in [-0.4, -0.2) is 21.0 Å². The van der Waals surface area contributed by atoms with Crippen LogP contribution in [0.25, 0.3) is 11.4 Å². The number of hydrogen-bond acceptors (Lipinski definition) is 4. The molecule has 0 aliphatic carbocycles. The highest BCUT2D eigenvalue weighted by Gasteiger charge is 2.20. The summed E-state index contributed by atoms with van der Waals surface area (Å²) in [5.41, 5.74) is 3.01. The van der Waals surface area contributed by atoms with Crippen LogP contribution < -0.4 is 15.4 Å². The van der Waals surface area contributed by atoms with Gasteiger partial charge in [-0.25, -0.2) is 14.8 Å². The van der Waals surface area contributed by atoms with E-state index in [1.54, 1.807) is 30.7 Å². The van der Waals surface area contributed by atoms with Gasteiger partial charge in [0.05, 0.1) is 0 Å². The number of benzene rings is 2. The first-order chi connectivity index (χ1) is 15.4. The molecule has 0 aliphatic rings. The lowest BCUT2D eigenvalue weighted by Crippen LogP contribution is -2.20. The van der Waals surface area contributed by atoms with Gasteiger partial charge in [0.2, 0.25) is 5.88 Å². The van der Waals surface area contributed by atoms with Crippen molar-refractivity contribution >= 4 is 17.4 Å². The Morgan fingerprint density at radius 2 is 1.69 bits per heavy atom. The lowest BCUT2D eigenvalue weighted by molar-refractivity contribution is 0.262. The lowest BCUT2D eigenvalue weighted by atomic mass is 9.86. The van der Waals surface area contributed by atoms with E-state index in [0.717, 1.165) is 17.0 Å². The van der Waals surface area contributed by atoms with Gasteiger partial charge in [-0.2, -0.15) is 0 Å². The molecule has 3 N–H and O–H groups in total. The quantitative estimate of drug-likeness (QED) is 0.353. The summed E-state index contributed by atoms with van der Waals surface area (Å²) in [5.74, 6) is 1.80. The van der Waals surface area contributed by atoms with Crippen molar-refractivity contribution < 1.29 is 9.53 Å². The van der Waals surface area contributed by atoms with E-state index in [1.165, 1.54) is 0 Å². The summed E-state index contributed by atoms with van der Waals surface area (Å²) in [6, 6.07) is 18.3. The van der Waals surface area contributed by atoms with Crippen molar-refractivity contribution in [3.8, 4) is 23.0 Å². The third kappa shape index (κ3) is 4.95. The van der Waals surface area contributed by atoms with Crippen LogP contribution in [0.1, 0.15) is 26.3 Å². The molecule has 0 saturated carbocycles. The highest BCUT2D eigenvalue weighted by molar-refractivity contribution is 6.00. The summed E-state index contributed by atoms with van der Waals surface area (Å²) in [5, 5.41) is 5.65. The Hall–Kier alpha value is -4.13. The topological polar surface area (TPSA) is 91.9 Å². The van der Waals surface area contributed by atoms with Gasteiger partial charge >= 0.3 is 6.03 Å². The number of nitrogens with zero attached hydrogens (tertiary/aromatic N) is 2. The summed E-state index contributed by atoms with van der Waals surface area (Å²) in [7, 11) is 0. The highest BCUT2D eigenvalue weighted by Crippen LogP contribution is 2.35. The number of H-pyrrole nitrogens is 1. The standard InChI is InChI=1S/C25H25N5O2/c1-25(2,3)19-7-4-5-9-21(19)32-23-20(8-6-14-28-23)30-24(31)29-18-12-10-17(11-13-18)22-26-15-16-27-22/h4-16H,1-3H3,(H,26,27)(H2,29,30,31). The molecule has 7 nitrogen and oxygen atoms in total. The van der Waals surface area contributed by atoms with Gasteiger partial charge in [0.15, 0.2) is 0 Å². The van der Waals surface area contributed by atoms with Gasteiger partial charge < -0.3 is 20.4 Å².